The highest BCUT2D eigenvalue weighted by atomic mass is 32.1. The molecule has 4 heteroatoms. The molecular formula is C14H20N2OS. The summed E-state index contributed by atoms with van der Waals surface area (Å²) in [5, 5.41) is 3.78. The molecule has 1 aromatic heterocycles. The van der Waals surface area contributed by atoms with Crippen molar-refractivity contribution >= 4 is 22.4 Å². The smallest absolute Gasteiger partial charge is 0.226 e. The first-order chi connectivity index (χ1) is 8.81. The van der Waals surface area contributed by atoms with Crippen LogP contribution in [0, 0.1) is 5.92 Å². The lowest BCUT2D eigenvalue weighted by Crippen LogP contribution is -2.12. The summed E-state index contributed by atoms with van der Waals surface area (Å²) in [7, 11) is 0. The maximum Gasteiger partial charge on any atom is 0.226 e. The van der Waals surface area contributed by atoms with E-state index in [4.69, 9.17) is 0 Å². The standard InChI is InChI=1S/C14H20N2OS/c17-13(9-8-10-4-1-2-5-10)16-14-15-11-6-3-7-12(11)18-14/h10H,1-9H2,(H,15,16,17). The molecule has 1 saturated carbocycles. The second-order valence-corrected chi connectivity index (χ2v) is 6.56. The van der Waals surface area contributed by atoms with Crippen LogP contribution in [0.25, 0.3) is 0 Å². The van der Waals surface area contributed by atoms with Gasteiger partial charge in [0.2, 0.25) is 5.91 Å². The molecule has 1 heterocycles. The van der Waals surface area contributed by atoms with E-state index in [9.17, 15) is 4.79 Å². The van der Waals surface area contributed by atoms with Gasteiger partial charge in [0.25, 0.3) is 0 Å². The molecular weight excluding hydrogens is 244 g/mol. The number of aryl methyl sites for hydroxylation is 2. The maximum absolute atomic E-state index is 11.9. The molecule has 1 N–H and O–H groups in total. The van der Waals surface area contributed by atoms with Crippen molar-refractivity contribution in [3.8, 4) is 0 Å². The van der Waals surface area contributed by atoms with Crippen LogP contribution < -0.4 is 5.32 Å². The largest absolute Gasteiger partial charge is 0.302 e. The average Bonchev–Trinajstić information content (AvgIpc) is 3.01. The van der Waals surface area contributed by atoms with Crippen LogP contribution in [-0.4, -0.2) is 10.9 Å². The fourth-order valence-electron chi connectivity index (χ4n) is 3.06. The van der Waals surface area contributed by atoms with Gasteiger partial charge in [0.05, 0.1) is 5.69 Å². The van der Waals surface area contributed by atoms with Crippen molar-refractivity contribution in [3.63, 3.8) is 0 Å². The van der Waals surface area contributed by atoms with Crippen LogP contribution in [0.1, 0.15) is 55.5 Å². The molecule has 3 nitrogen and oxygen atoms in total. The zero-order valence-electron chi connectivity index (χ0n) is 10.7. The summed E-state index contributed by atoms with van der Waals surface area (Å²) in [5.41, 5.74) is 1.21. The molecule has 0 bridgehead atoms. The number of hydrogen-bond donors (Lipinski definition) is 1. The molecule has 0 atom stereocenters. The number of rotatable bonds is 4. The van der Waals surface area contributed by atoms with Gasteiger partial charge in [-0.3, -0.25) is 4.79 Å². The Morgan fingerprint density at radius 2 is 2.11 bits per heavy atom. The van der Waals surface area contributed by atoms with E-state index in [2.05, 4.69) is 10.3 Å². The normalized spacial score (nSPS) is 19.1. The van der Waals surface area contributed by atoms with Gasteiger partial charge in [0.15, 0.2) is 5.13 Å². The molecule has 0 saturated heterocycles. The second-order valence-electron chi connectivity index (χ2n) is 5.48. The first-order valence-electron chi connectivity index (χ1n) is 7.09. The number of fused-ring (bicyclic) bond motifs is 1. The topological polar surface area (TPSA) is 42.0 Å². The third kappa shape index (κ3) is 2.74. The minimum atomic E-state index is 0.148. The number of thiazole rings is 1. The zero-order chi connectivity index (χ0) is 12.4. The summed E-state index contributed by atoms with van der Waals surface area (Å²) in [6, 6.07) is 0. The van der Waals surface area contributed by atoms with Gasteiger partial charge in [0.1, 0.15) is 0 Å². The van der Waals surface area contributed by atoms with Crippen LogP contribution in [0.5, 0.6) is 0 Å². The van der Waals surface area contributed by atoms with E-state index in [1.807, 2.05) is 0 Å². The lowest BCUT2D eigenvalue weighted by Gasteiger charge is -2.07. The Labute approximate surface area is 112 Å². The molecule has 1 fully saturated rings. The number of amides is 1. The summed E-state index contributed by atoms with van der Waals surface area (Å²) in [6.45, 7) is 0. The lowest BCUT2D eigenvalue weighted by atomic mass is 10.0. The molecule has 18 heavy (non-hydrogen) atoms. The van der Waals surface area contributed by atoms with Crippen molar-refractivity contribution in [2.75, 3.05) is 5.32 Å². The molecule has 3 rings (SSSR count). The fraction of sp³-hybridized carbons (Fsp3) is 0.714. The number of aromatic nitrogens is 1. The van der Waals surface area contributed by atoms with Crippen molar-refractivity contribution in [2.24, 2.45) is 5.92 Å². The quantitative estimate of drug-likeness (QED) is 0.903. The van der Waals surface area contributed by atoms with Gasteiger partial charge in [-0.15, -0.1) is 11.3 Å². The average molecular weight is 264 g/mol. The van der Waals surface area contributed by atoms with Crippen LogP contribution in [0.15, 0.2) is 0 Å². The summed E-state index contributed by atoms with van der Waals surface area (Å²) in [5.74, 6) is 0.936. The molecule has 1 aromatic rings. The van der Waals surface area contributed by atoms with Gasteiger partial charge >= 0.3 is 0 Å². The SMILES string of the molecule is O=C(CCC1CCCC1)Nc1nc2c(s1)CCC2. The van der Waals surface area contributed by atoms with Crippen LogP contribution >= 0.6 is 11.3 Å². The minimum Gasteiger partial charge on any atom is -0.302 e. The molecule has 2 aliphatic carbocycles. The van der Waals surface area contributed by atoms with E-state index in [0.717, 1.165) is 30.3 Å². The van der Waals surface area contributed by atoms with Crippen LogP contribution in [0.2, 0.25) is 0 Å². The number of carbonyl (C=O) groups excluding carboxylic acids is 1. The van der Waals surface area contributed by atoms with Crippen LogP contribution in [0.4, 0.5) is 5.13 Å². The van der Waals surface area contributed by atoms with Gasteiger partial charge in [-0.2, -0.15) is 0 Å². The Morgan fingerprint density at radius 1 is 1.28 bits per heavy atom. The first kappa shape index (κ1) is 12.2. The summed E-state index contributed by atoms with van der Waals surface area (Å²) in [6.07, 6.45) is 10.5. The Balaban J connectivity index is 1.47. The van der Waals surface area contributed by atoms with Crippen molar-refractivity contribution in [3.05, 3.63) is 10.6 Å². The van der Waals surface area contributed by atoms with Crippen LogP contribution in [0.3, 0.4) is 0 Å². The van der Waals surface area contributed by atoms with E-state index < -0.39 is 0 Å². The molecule has 0 spiro atoms. The molecule has 0 radical (unpaired) electrons. The van der Waals surface area contributed by atoms with Crippen LogP contribution in [-0.2, 0) is 17.6 Å². The van der Waals surface area contributed by atoms with E-state index >= 15 is 0 Å². The Bertz CT molecular complexity index is 414. The first-order valence-corrected chi connectivity index (χ1v) is 7.91. The van der Waals surface area contributed by atoms with Gasteiger partial charge in [0, 0.05) is 11.3 Å². The van der Waals surface area contributed by atoms with Crippen molar-refractivity contribution in [2.45, 2.75) is 57.8 Å². The highest BCUT2D eigenvalue weighted by Gasteiger charge is 2.19. The van der Waals surface area contributed by atoms with Crippen molar-refractivity contribution < 1.29 is 4.79 Å². The minimum absolute atomic E-state index is 0.148. The monoisotopic (exact) mass is 264 g/mol. The molecule has 2 aliphatic rings. The molecule has 1 amide bonds. The molecule has 98 valence electrons. The summed E-state index contributed by atoms with van der Waals surface area (Å²) in [4.78, 5) is 17.7. The second kappa shape index (κ2) is 5.39. The third-order valence-corrected chi connectivity index (χ3v) is 5.17. The predicted octanol–water partition coefficient (Wildman–Crippen LogP) is 3.54. The van der Waals surface area contributed by atoms with Gasteiger partial charge in [-0.1, -0.05) is 25.7 Å². The maximum atomic E-state index is 11.9. The number of carbonyl (C=O) groups is 1. The van der Waals surface area contributed by atoms with Crippen molar-refractivity contribution in [1.29, 1.82) is 0 Å². The Morgan fingerprint density at radius 3 is 2.89 bits per heavy atom. The zero-order valence-corrected chi connectivity index (χ0v) is 11.5. The molecule has 0 unspecified atom stereocenters. The summed E-state index contributed by atoms with van der Waals surface area (Å²) < 4.78 is 0. The van der Waals surface area contributed by atoms with Crippen molar-refractivity contribution in [1.82, 2.24) is 4.98 Å². The number of hydrogen-bond acceptors (Lipinski definition) is 3. The Hall–Kier alpha value is -0.900. The van der Waals surface area contributed by atoms with Gasteiger partial charge in [-0.25, -0.2) is 4.98 Å². The predicted molar refractivity (Wildman–Crippen MR) is 74.0 cm³/mol. The number of nitrogens with zero attached hydrogens (tertiary/aromatic N) is 1. The van der Waals surface area contributed by atoms with E-state index in [-0.39, 0.29) is 5.91 Å². The highest BCUT2D eigenvalue weighted by molar-refractivity contribution is 7.15. The lowest BCUT2D eigenvalue weighted by molar-refractivity contribution is -0.116. The fourth-order valence-corrected chi connectivity index (χ4v) is 4.13. The van der Waals surface area contributed by atoms with Gasteiger partial charge in [-0.05, 0) is 31.6 Å². The summed E-state index contributed by atoms with van der Waals surface area (Å²) >= 11 is 1.67. The number of anilines is 1. The molecule has 0 aliphatic heterocycles. The van der Waals surface area contributed by atoms with Gasteiger partial charge < -0.3 is 5.32 Å². The Kier molecular flexibility index (Phi) is 3.64. The molecule has 0 aromatic carbocycles. The highest BCUT2D eigenvalue weighted by Crippen LogP contribution is 2.31. The van der Waals surface area contributed by atoms with E-state index in [1.165, 1.54) is 42.7 Å². The van der Waals surface area contributed by atoms with E-state index in [1.54, 1.807) is 11.3 Å². The third-order valence-electron chi connectivity index (χ3n) is 4.10. The number of nitrogens with one attached hydrogen (secondary N) is 1. The van der Waals surface area contributed by atoms with E-state index in [0.29, 0.717) is 6.42 Å².